The number of rotatable bonds is 6. The highest BCUT2D eigenvalue weighted by molar-refractivity contribution is 7.99. The normalized spacial score (nSPS) is 11.2. The number of thioether (sulfide) groups is 1. The molecular weight excluding hydrogens is 274 g/mol. The molecule has 1 aromatic rings. The maximum absolute atomic E-state index is 11.9. The van der Waals surface area contributed by atoms with Gasteiger partial charge in [0, 0.05) is 17.9 Å². The molecule has 0 radical (unpaired) electrons. The summed E-state index contributed by atoms with van der Waals surface area (Å²) >= 11 is 1.29. The second kappa shape index (κ2) is 7.33. The molecule has 2 N–H and O–H groups in total. The van der Waals surface area contributed by atoms with E-state index in [1.54, 1.807) is 0 Å². The minimum Gasteiger partial charge on any atom is -0.481 e. The summed E-state index contributed by atoms with van der Waals surface area (Å²) in [5, 5.41) is 11.3. The Morgan fingerprint density at radius 1 is 1.20 bits per heavy atom. The van der Waals surface area contributed by atoms with Gasteiger partial charge in [0.05, 0.1) is 5.75 Å². The highest BCUT2D eigenvalue weighted by Crippen LogP contribution is 2.22. The molecular formula is C15H21NO3S. The predicted molar refractivity (Wildman–Crippen MR) is 82.4 cm³/mol. The molecule has 0 heterocycles. The van der Waals surface area contributed by atoms with Gasteiger partial charge in [-0.3, -0.25) is 9.59 Å². The molecule has 5 heteroatoms. The Morgan fingerprint density at radius 2 is 1.80 bits per heavy atom. The molecule has 0 aliphatic rings. The summed E-state index contributed by atoms with van der Waals surface area (Å²) in [7, 11) is 0. The molecule has 0 saturated heterocycles. The van der Waals surface area contributed by atoms with Crippen molar-refractivity contribution in [1.82, 2.24) is 5.32 Å². The maximum atomic E-state index is 11.9. The summed E-state index contributed by atoms with van der Waals surface area (Å²) in [4.78, 5) is 22.2. The standard InChI is InChI=1S/C15H21NO3S/c1-15(2,3)12-6-4-11(5-7-12)14(19)16-8-9-20-10-13(17)18/h4-7H,8-10H2,1-3H3,(H,16,19)(H,17,18). The van der Waals surface area contributed by atoms with E-state index in [1.165, 1.54) is 17.3 Å². The van der Waals surface area contributed by atoms with Gasteiger partial charge >= 0.3 is 5.97 Å². The molecule has 0 bridgehead atoms. The van der Waals surface area contributed by atoms with Gasteiger partial charge in [-0.25, -0.2) is 0 Å². The molecule has 0 aromatic heterocycles. The number of aliphatic carboxylic acids is 1. The molecule has 110 valence electrons. The van der Waals surface area contributed by atoms with E-state index in [1.807, 2.05) is 24.3 Å². The van der Waals surface area contributed by atoms with Crippen LogP contribution in [-0.2, 0) is 10.2 Å². The summed E-state index contributed by atoms with van der Waals surface area (Å²) in [5.74, 6) is -0.297. The van der Waals surface area contributed by atoms with Crippen molar-refractivity contribution in [3.05, 3.63) is 35.4 Å². The van der Waals surface area contributed by atoms with Crippen LogP contribution in [0.5, 0.6) is 0 Å². The van der Waals surface area contributed by atoms with E-state index in [4.69, 9.17) is 5.11 Å². The second-order valence-electron chi connectivity index (χ2n) is 5.53. The molecule has 0 aliphatic carbocycles. The van der Waals surface area contributed by atoms with E-state index in [2.05, 4.69) is 26.1 Å². The molecule has 0 spiro atoms. The van der Waals surface area contributed by atoms with Gasteiger partial charge in [-0.1, -0.05) is 32.9 Å². The van der Waals surface area contributed by atoms with Gasteiger partial charge in [-0.15, -0.1) is 11.8 Å². The lowest BCUT2D eigenvalue weighted by atomic mass is 9.87. The number of benzene rings is 1. The quantitative estimate of drug-likeness (QED) is 0.792. The summed E-state index contributed by atoms with van der Waals surface area (Å²) in [6.07, 6.45) is 0. The Morgan fingerprint density at radius 3 is 2.30 bits per heavy atom. The number of carbonyl (C=O) groups excluding carboxylic acids is 1. The molecule has 0 unspecified atom stereocenters. The lowest BCUT2D eigenvalue weighted by Gasteiger charge is -2.19. The number of carboxylic acid groups (broad SMARTS) is 1. The molecule has 1 amide bonds. The fourth-order valence-electron chi connectivity index (χ4n) is 1.62. The average Bonchev–Trinajstić information content (AvgIpc) is 2.37. The lowest BCUT2D eigenvalue weighted by Crippen LogP contribution is -2.26. The van der Waals surface area contributed by atoms with Gasteiger partial charge in [0.15, 0.2) is 0 Å². The van der Waals surface area contributed by atoms with Crippen LogP contribution >= 0.6 is 11.8 Å². The van der Waals surface area contributed by atoms with Crippen molar-refractivity contribution in [1.29, 1.82) is 0 Å². The monoisotopic (exact) mass is 295 g/mol. The third-order valence-electron chi connectivity index (χ3n) is 2.77. The minimum absolute atomic E-state index is 0.0656. The van der Waals surface area contributed by atoms with Crippen LogP contribution in [0.25, 0.3) is 0 Å². The van der Waals surface area contributed by atoms with Crippen molar-refractivity contribution in [3.63, 3.8) is 0 Å². The van der Waals surface area contributed by atoms with Gasteiger partial charge in [-0.05, 0) is 23.1 Å². The molecule has 4 nitrogen and oxygen atoms in total. The van der Waals surface area contributed by atoms with Crippen LogP contribution in [-0.4, -0.2) is 35.0 Å². The van der Waals surface area contributed by atoms with Gasteiger partial charge in [0.25, 0.3) is 5.91 Å². The topological polar surface area (TPSA) is 66.4 Å². The van der Waals surface area contributed by atoms with Gasteiger partial charge in [0.1, 0.15) is 0 Å². The minimum atomic E-state index is -0.834. The largest absolute Gasteiger partial charge is 0.481 e. The van der Waals surface area contributed by atoms with Crippen LogP contribution in [0.2, 0.25) is 0 Å². The van der Waals surface area contributed by atoms with Crippen molar-refractivity contribution >= 4 is 23.6 Å². The van der Waals surface area contributed by atoms with Crippen molar-refractivity contribution < 1.29 is 14.7 Å². The van der Waals surface area contributed by atoms with Crippen LogP contribution in [0, 0.1) is 0 Å². The molecule has 1 aromatic carbocycles. The third kappa shape index (κ3) is 5.65. The summed E-state index contributed by atoms with van der Waals surface area (Å²) in [6.45, 7) is 6.85. The van der Waals surface area contributed by atoms with Crippen LogP contribution < -0.4 is 5.32 Å². The molecule has 0 aliphatic heterocycles. The van der Waals surface area contributed by atoms with Crippen LogP contribution in [0.4, 0.5) is 0 Å². The highest BCUT2D eigenvalue weighted by atomic mass is 32.2. The van der Waals surface area contributed by atoms with Gasteiger partial charge in [-0.2, -0.15) is 0 Å². The molecule has 20 heavy (non-hydrogen) atoms. The second-order valence-corrected chi connectivity index (χ2v) is 6.63. The maximum Gasteiger partial charge on any atom is 0.313 e. The van der Waals surface area contributed by atoms with E-state index in [0.717, 1.165) is 0 Å². The number of nitrogens with one attached hydrogen (secondary N) is 1. The molecule has 0 saturated carbocycles. The first-order valence-electron chi connectivity index (χ1n) is 6.49. The van der Waals surface area contributed by atoms with Crippen molar-refractivity contribution in [2.45, 2.75) is 26.2 Å². The Bertz CT molecular complexity index is 463. The van der Waals surface area contributed by atoms with Crippen molar-refractivity contribution in [3.8, 4) is 0 Å². The zero-order valence-corrected chi connectivity index (χ0v) is 12.9. The number of carbonyl (C=O) groups is 2. The number of hydrogen-bond donors (Lipinski definition) is 2. The fraction of sp³-hybridized carbons (Fsp3) is 0.467. The Kier molecular flexibility index (Phi) is 6.07. The van der Waals surface area contributed by atoms with Crippen LogP contribution in [0.15, 0.2) is 24.3 Å². The van der Waals surface area contributed by atoms with Crippen molar-refractivity contribution in [2.24, 2.45) is 0 Å². The Labute approximate surface area is 124 Å². The van der Waals surface area contributed by atoms with Crippen LogP contribution in [0.3, 0.4) is 0 Å². The number of amides is 1. The van der Waals surface area contributed by atoms with Crippen molar-refractivity contribution in [2.75, 3.05) is 18.1 Å². The highest BCUT2D eigenvalue weighted by Gasteiger charge is 2.14. The summed E-state index contributed by atoms with van der Waals surface area (Å²) < 4.78 is 0. The third-order valence-corrected chi connectivity index (χ3v) is 3.71. The van der Waals surface area contributed by atoms with E-state index in [-0.39, 0.29) is 17.1 Å². The first kappa shape index (κ1) is 16.6. The van der Waals surface area contributed by atoms with Gasteiger partial charge in [0.2, 0.25) is 0 Å². The summed E-state index contributed by atoms with van der Waals surface area (Å²) in [5.41, 5.74) is 1.88. The Hall–Kier alpha value is -1.49. The predicted octanol–water partition coefficient (Wildman–Crippen LogP) is 2.53. The van der Waals surface area contributed by atoms with E-state index in [9.17, 15) is 9.59 Å². The molecule has 0 atom stereocenters. The van der Waals surface area contributed by atoms with Crippen LogP contribution in [0.1, 0.15) is 36.7 Å². The molecule has 1 rings (SSSR count). The zero-order valence-electron chi connectivity index (χ0n) is 12.1. The average molecular weight is 295 g/mol. The summed E-state index contributed by atoms with van der Waals surface area (Å²) in [6, 6.07) is 7.57. The lowest BCUT2D eigenvalue weighted by molar-refractivity contribution is -0.133. The van der Waals surface area contributed by atoms with E-state index < -0.39 is 5.97 Å². The fourth-order valence-corrected chi connectivity index (χ4v) is 2.19. The SMILES string of the molecule is CC(C)(C)c1ccc(C(=O)NCCSCC(=O)O)cc1. The zero-order chi connectivity index (χ0) is 15.2. The smallest absolute Gasteiger partial charge is 0.313 e. The first-order chi connectivity index (χ1) is 9.30. The van der Waals surface area contributed by atoms with E-state index in [0.29, 0.717) is 17.9 Å². The Balaban J connectivity index is 2.42. The first-order valence-corrected chi connectivity index (χ1v) is 7.64. The number of hydrogen-bond acceptors (Lipinski definition) is 3. The number of carboxylic acids is 1. The van der Waals surface area contributed by atoms with E-state index >= 15 is 0 Å². The van der Waals surface area contributed by atoms with Gasteiger partial charge < -0.3 is 10.4 Å². The molecule has 0 fully saturated rings.